The Morgan fingerprint density at radius 3 is 2.25 bits per heavy atom. The molecule has 10 atom stereocenters. The number of methoxy groups -OCH3 is 1. The zero-order chi connectivity index (χ0) is 68.2. The zero-order valence-electron chi connectivity index (χ0n) is 51.3. The number of carbonyl (C=O) groups excluding carboxylic acids is 8. The second-order valence-corrected chi connectivity index (χ2v) is 26.9. The first kappa shape index (κ1) is 66.7. The predicted molar refractivity (Wildman–Crippen MR) is 345 cm³/mol. The Hall–Kier alpha value is -9.34. The number of amides is 6. The molecule has 0 spiro atoms. The molecule has 12 bridgehead atoms. The number of likely N-dealkylation sites (N-methyl/N-ethyl adjacent to an activating group) is 1. The van der Waals surface area contributed by atoms with Gasteiger partial charge in [0.05, 0.1) is 43.3 Å². The Morgan fingerprint density at radius 1 is 0.844 bits per heavy atom. The molecular formula is C60H58N14O17S5. The average molecular weight is 1410 g/mol. The van der Waals surface area contributed by atoms with Crippen LogP contribution in [0.2, 0.25) is 0 Å². The van der Waals surface area contributed by atoms with E-state index in [1.54, 1.807) is 44.5 Å². The SMILES string of the molecule is C=C(NC(=O)c1csc(-c2nc3c(cc2O)-c2nc(cs2)C(=O)N[C@@H]([C@@H](C)O)C(=O)N/C(=C(\C)OC)c2nc(cs2)C(=O)N[C@@H]2c4nc(cs4)C(=O)N[C@@H](COC(=O)c4[nH]c5cccc6c5c4COC2[C@H](O[C@H]2C[C@](C)(O)[C@H](NC)[C@H](C)O2)C(=O)OC6)c2nc-3cs2)n1)C(N)=O. The summed E-state index contributed by atoms with van der Waals surface area (Å²) in [5.41, 5.74) is 3.32. The van der Waals surface area contributed by atoms with E-state index in [0.29, 0.717) is 16.5 Å². The van der Waals surface area contributed by atoms with Gasteiger partial charge in [-0.25, -0.2) is 39.5 Å². The Balaban J connectivity index is 1.03. The lowest BCUT2D eigenvalue weighted by Crippen LogP contribution is -2.61. The Kier molecular flexibility index (Phi) is 18.8. The highest BCUT2D eigenvalue weighted by Crippen LogP contribution is 2.43. The van der Waals surface area contributed by atoms with Crippen molar-refractivity contribution in [3.63, 3.8) is 0 Å². The number of aliphatic hydroxyl groups excluding tert-OH is 1. The van der Waals surface area contributed by atoms with E-state index in [9.17, 15) is 44.1 Å². The number of pyridine rings is 1. The molecule has 7 aromatic heterocycles. The van der Waals surface area contributed by atoms with Crippen molar-refractivity contribution in [2.45, 2.75) is 108 Å². The minimum atomic E-state index is -1.86. The van der Waals surface area contributed by atoms with Gasteiger partial charge in [-0.15, -0.1) is 56.7 Å². The molecule has 0 saturated carbocycles. The van der Waals surface area contributed by atoms with Gasteiger partial charge in [0, 0.05) is 55.4 Å². The Morgan fingerprint density at radius 2 is 1.52 bits per heavy atom. The number of aromatic amines is 1. The molecule has 1 unspecified atom stereocenters. The van der Waals surface area contributed by atoms with Crippen molar-refractivity contribution in [2.75, 3.05) is 20.8 Å². The number of cyclic esters (lactones) is 2. The van der Waals surface area contributed by atoms with Gasteiger partial charge in [0.2, 0.25) is 5.91 Å². The number of aromatic hydroxyl groups is 1. The fourth-order valence-corrected chi connectivity index (χ4v) is 15.4. The van der Waals surface area contributed by atoms with Crippen LogP contribution in [0.1, 0.15) is 125 Å². The van der Waals surface area contributed by atoms with E-state index >= 15 is 9.59 Å². The summed E-state index contributed by atoms with van der Waals surface area (Å²) in [5, 5.41) is 58.6. The summed E-state index contributed by atoms with van der Waals surface area (Å²) < 4.78 is 37.6. The number of hydrogen-bond donors (Lipinski definition) is 11. The van der Waals surface area contributed by atoms with Crippen molar-refractivity contribution in [2.24, 2.45) is 5.73 Å². The van der Waals surface area contributed by atoms with Crippen molar-refractivity contribution in [3.8, 4) is 38.4 Å². The maximum atomic E-state index is 15.1. The molecule has 31 nitrogen and oxygen atoms in total. The number of H-pyrrole nitrogens is 1. The number of nitrogens with two attached hydrogens (primary N) is 1. The van der Waals surface area contributed by atoms with E-state index in [0.717, 1.165) is 56.7 Å². The zero-order valence-corrected chi connectivity index (χ0v) is 55.4. The van der Waals surface area contributed by atoms with Gasteiger partial charge in [-0.3, -0.25) is 28.8 Å². The van der Waals surface area contributed by atoms with Crippen molar-refractivity contribution in [1.82, 2.24) is 66.8 Å². The minimum Gasteiger partial charge on any atom is -0.506 e. The molecule has 36 heteroatoms. The maximum absolute atomic E-state index is 15.1. The number of allylic oxidation sites excluding steroid dienone is 1. The van der Waals surface area contributed by atoms with E-state index in [4.69, 9.17) is 49.1 Å². The van der Waals surface area contributed by atoms with Crippen molar-refractivity contribution in [3.05, 3.63) is 124 Å². The number of rotatable bonds is 9. The fourth-order valence-electron chi connectivity index (χ4n) is 11.2. The Bertz CT molecular complexity index is 4510. The van der Waals surface area contributed by atoms with Crippen LogP contribution < -0.4 is 37.6 Å². The van der Waals surface area contributed by atoms with Crippen LogP contribution in [0.15, 0.2) is 69.2 Å². The van der Waals surface area contributed by atoms with Gasteiger partial charge in [0.15, 0.2) is 12.4 Å². The van der Waals surface area contributed by atoms with E-state index in [1.165, 1.54) is 48.5 Å². The second-order valence-electron chi connectivity index (χ2n) is 22.6. The van der Waals surface area contributed by atoms with Crippen molar-refractivity contribution < 1.29 is 82.1 Å². The molecule has 1 fully saturated rings. The van der Waals surface area contributed by atoms with Gasteiger partial charge < -0.3 is 86.4 Å². The highest BCUT2D eigenvalue weighted by Gasteiger charge is 2.49. The average Bonchev–Trinajstić information content (AvgIpc) is 1.52. The number of nitrogens with zero attached hydrogens (tertiary/aromatic N) is 6. The second kappa shape index (κ2) is 27.0. The summed E-state index contributed by atoms with van der Waals surface area (Å²) in [5.74, 6) is -7.85. The maximum Gasteiger partial charge on any atom is 0.355 e. The largest absolute Gasteiger partial charge is 0.506 e. The van der Waals surface area contributed by atoms with E-state index in [1.807, 2.05) is 0 Å². The third-order valence-electron chi connectivity index (χ3n) is 16.0. The first-order chi connectivity index (χ1) is 45.9. The van der Waals surface area contributed by atoms with Gasteiger partial charge >= 0.3 is 11.9 Å². The molecule has 500 valence electrons. The number of ether oxygens (including phenoxy) is 6. The van der Waals surface area contributed by atoms with Crippen LogP contribution in [0, 0.1) is 0 Å². The van der Waals surface area contributed by atoms with Crippen molar-refractivity contribution in [1.29, 1.82) is 0 Å². The van der Waals surface area contributed by atoms with Crippen LogP contribution in [0.4, 0.5) is 0 Å². The van der Waals surface area contributed by atoms with Crippen LogP contribution in [-0.2, 0) is 56.0 Å². The number of thiazole rings is 5. The molecule has 1 saturated heterocycles. The highest BCUT2D eigenvalue weighted by atomic mass is 32.1. The molecule has 0 radical (unpaired) electrons. The fraction of sp³-hybridized carbons (Fsp3) is 0.333. The van der Waals surface area contributed by atoms with Crippen LogP contribution in [0.5, 0.6) is 5.75 Å². The monoisotopic (exact) mass is 1410 g/mol. The summed E-state index contributed by atoms with van der Waals surface area (Å²) in [6.07, 6.45) is -7.33. The molecule has 12 rings (SSSR count). The van der Waals surface area contributed by atoms with Gasteiger partial charge in [-0.05, 0) is 52.4 Å². The van der Waals surface area contributed by atoms with Crippen LogP contribution in [0.25, 0.3) is 49.3 Å². The standard InChI is InChI=1S/C60H58N14O17S5/c1-21(47(61)77)63-48(78)31-18-95-56(69-31)42-35(76)11-26-40(71-42)30-16-93-54(66-30)29-15-89-58(83)41-27-14-87-44(45(91-36-12-60(5,85)46(62-6)24(4)90-36)59(84)88-13-25-9-8-10-28(64-41)37(25)27)43(57-70-32(19-96-57)49(79)65-29)74-51(81)34-20-94-55(68-34)39(23(3)86-7)73-52(82)38(22(2)75)72-50(80)33-17-92-53(26)67-33/h8-11,16-20,22,24,29,36,38,43-46,62,64,75-76,85H,1,12-15H2,2-7H3,(H2,61,77)(H,63,78)(H,65,79)(H,72,80)(H,73,82)(H,74,81)/b39-23+/t22-,24+,29+,36+,38+,43+,44?,45+,46-,60+/m1/s1. The van der Waals surface area contributed by atoms with Crippen LogP contribution in [0.3, 0.4) is 0 Å². The molecule has 12 N–H and O–H groups in total. The van der Waals surface area contributed by atoms with E-state index in [2.05, 4.69) is 58.4 Å². The lowest BCUT2D eigenvalue weighted by molar-refractivity contribution is -0.272. The van der Waals surface area contributed by atoms with Crippen molar-refractivity contribution >= 4 is 121 Å². The summed E-state index contributed by atoms with van der Waals surface area (Å²) >= 11 is 4.59. The molecule has 0 aliphatic carbocycles. The minimum absolute atomic E-state index is 0.000686. The number of hydrogen-bond acceptors (Lipinski definition) is 29. The predicted octanol–water partition coefficient (Wildman–Crippen LogP) is 3.84. The van der Waals surface area contributed by atoms with E-state index in [-0.39, 0.29) is 106 Å². The number of fused-ring (bicyclic) bond motifs is 15. The third kappa shape index (κ3) is 13.2. The lowest BCUT2D eigenvalue weighted by atomic mass is 9.86. The highest BCUT2D eigenvalue weighted by molar-refractivity contribution is 7.14. The molecule has 96 heavy (non-hydrogen) atoms. The first-order valence-electron chi connectivity index (χ1n) is 29.2. The number of carbonyl (C=O) groups is 8. The van der Waals surface area contributed by atoms with Gasteiger partial charge in [-0.2, -0.15) is 0 Å². The molecule has 11 heterocycles. The molecule has 1 aromatic carbocycles. The first-order valence-corrected chi connectivity index (χ1v) is 33.6. The van der Waals surface area contributed by atoms with Crippen LogP contribution in [-0.4, -0.2) is 167 Å². The summed E-state index contributed by atoms with van der Waals surface area (Å²) in [7, 11) is 2.97. The normalized spacial score (nSPS) is 24.2. The smallest absolute Gasteiger partial charge is 0.355 e. The third-order valence-corrected chi connectivity index (χ3v) is 20.5. The quantitative estimate of drug-likeness (QED) is 0.0555. The Labute approximate surface area is 562 Å². The summed E-state index contributed by atoms with van der Waals surface area (Å²) in [6, 6.07) is 1.19. The summed E-state index contributed by atoms with van der Waals surface area (Å²) in [4.78, 5) is 145. The van der Waals surface area contributed by atoms with Crippen LogP contribution >= 0.6 is 56.7 Å². The summed E-state index contributed by atoms with van der Waals surface area (Å²) in [6.45, 7) is 8.04. The van der Waals surface area contributed by atoms with Gasteiger partial charge in [0.1, 0.15) is 125 Å². The molecular weight excluding hydrogens is 1350 g/mol. The molecule has 4 aliphatic heterocycles. The molecule has 8 aromatic rings. The number of aromatic nitrogens is 7. The van der Waals surface area contributed by atoms with Gasteiger partial charge in [-0.1, -0.05) is 18.7 Å². The van der Waals surface area contributed by atoms with Gasteiger partial charge in [0.25, 0.3) is 29.5 Å². The number of aliphatic hydroxyl groups is 2. The number of nitrogens with one attached hydrogen (secondary N) is 7. The number of benzene rings is 1. The molecule has 6 amide bonds. The number of esters is 2. The topological polar surface area (TPSA) is 444 Å². The number of primary amides is 1. The molecule has 4 aliphatic rings. The van der Waals surface area contributed by atoms with E-state index < -0.39 is 133 Å². The lowest BCUT2D eigenvalue weighted by Gasteiger charge is -2.45.